The Balaban J connectivity index is 1.47. The third-order valence-electron chi connectivity index (χ3n) is 7.05. The molecule has 220 valence electrons. The fraction of sp³-hybridized carbons (Fsp3) is 0.167. The van der Waals surface area contributed by atoms with Gasteiger partial charge < -0.3 is 19.1 Å². The standard InChI is InChI=1S/C36H32N4O4/c1-36(2,3)22-30-37-31-32(40(30)23-24-18-20-25(21-19-24)28-16-10-11-17-29(28)35(41)42)34(44-27-14-8-5-9-15-27)39-38-33(31)43-26-12-6-4-7-13-26/h4-21H,22-23H2,1-3H3,(H,41,42). The van der Waals surface area contributed by atoms with E-state index in [2.05, 4.69) is 35.5 Å². The van der Waals surface area contributed by atoms with Crippen molar-refractivity contribution in [3.8, 4) is 34.4 Å². The van der Waals surface area contributed by atoms with E-state index in [4.69, 9.17) is 14.5 Å². The van der Waals surface area contributed by atoms with Crippen LogP contribution < -0.4 is 9.47 Å². The first-order valence-electron chi connectivity index (χ1n) is 14.4. The molecule has 2 heterocycles. The maximum Gasteiger partial charge on any atom is 0.336 e. The lowest BCUT2D eigenvalue weighted by atomic mass is 9.92. The van der Waals surface area contributed by atoms with Crippen molar-refractivity contribution in [2.45, 2.75) is 33.7 Å². The van der Waals surface area contributed by atoms with E-state index in [9.17, 15) is 9.90 Å². The Morgan fingerprint density at radius 2 is 1.32 bits per heavy atom. The highest BCUT2D eigenvalue weighted by Gasteiger charge is 2.25. The summed E-state index contributed by atoms with van der Waals surface area (Å²) in [6, 6.07) is 33.8. The fourth-order valence-electron chi connectivity index (χ4n) is 5.06. The van der Waals surface area contributed by atoms with Crippen LogP contribution in [0.3, 0.4) is 0 Å². The van der Waals surface area contributed by atoms with E-state index in [1.54, 1.807) is 12.1 Å². The van der Waals surface area contributed by atoms with Gasteiger partial charge in [0.25, 0.3) is 11.8 Å². The molecule has 0 unspecified atom stereocenters. The zero-order valence-electron chi connectivity index (χ0n) is 24.8. The number of benzene rings is 4. The van der Waals surface area contributed by atoms with Gasteiger partial charge in [0, 0.05) is 13.0 Å². The van der Waals surface area contributed by atoms with Crippen LogP contribution in [0.25, 0.3) is 22.2 Å². The molecule has 8 heteroatoms. The Kier molecular flexibility index (Phi) is 7.81. The molecule has 44 heavy (non-hydrogen) atoms. The number of aromatic nitrogens is 4. The Morgan fingerprint density at radius 3 is 1.93 bits per heavy atom. The molecule has 0 saturated carbocycles. The van der Waals surface area contributed by atoms with Crippen LogP contribution in [-0.4, -0.2) is 30.8 Å². The quantitative estimate of drug-likeness (QED) is 0.182. The number of ether oxygens (including phenoxy) is 2. The highest BCUT2D eigenvalue weighted by atomic mass is 16.5. The molecule has 6 aromatic rings. The van der Waals surface area contributed by atoms with Crippen LogP contribution in [0, 0.1) is 5.41 Å². The summed E-state index contributed by atoms with van der Waals surface area (Å²) in [5.74, 6) is 1.77. The molecule has 0 aliphatic rings. The monoisotopic (exact) mass is 584 g/mol. The number of nitrogens with zero attached hydrogens (tertiary/aromatic N) is 4. The number of rotatable bonds is 9. The van der Waals surface area contributed by atoms with E-state index in [1.165, 1.54) is 0 Å². The largest absolute Gasteiger partial charge is 0.478 e. The zero-order chi connectivity index (χ0) is 30.7. The summed E-state index contributed by atoms with van der Waals surface area (Å²) in [7, 11) is 0. The summed E-state index contributed by atoms with van der Waals surface area (Å²) in [4.78, 5) is 16.9. The van der Waals surface area contributed by atoms with Gasteiger partial charge in [-0.05, 0) is 52.4 Å². The molecule has 0 fully saturated rings. The Hall–Kier alpha value is -5.50. The second kappa shape index (κ2) is 12.0. The Bertz CT molecular complexity index is 1910. The molecule has 0 radical (unpaired) electrons. The van der Waals surface area contributed by atoms with Crippen LogP contribution in [0.1, 0.15) is 42.5 Å². The van der Waals surface area contributed by atoms with Gasteiger partial charge in [-0.2, -0.15) is 0 Å². The van der Waals surface area contributed by atoms with Crippen LogP contribution in [-0.2, 0) is 13.0 Å². The lowest BCUT2D eigenvalue weighted by molar-refractivity contribution is 0.0697. The van der Waals surface area contributed by atoms with Gasteiger partial charge in [0.15, 0.2) is 5.52 Å². The number of carbonyl (C=O) groups is 1. The molecule has 0 atom stereocenters. The molecule has 0 aliphatic carbocycles. The number of para-hydroxylation sites is 2. The normalized spacial score (nSPS) is 11.4. The number of aromatic carboxylic acids is 1. The first-order valence-corrected chi connectivity index (χ1v) is 14.4. The molecular formula is C36H32N4O4. The van der Waals surface area contributed by atoms with Crippen molar-refractivity contribution in [2.75, 3.05) is 0 Å². The highest BCUT2D eigenvalue weighted by molar-refractivity contribution is 5.96. The van der Waals surface area contributed by atoms with Crippen LogP contribution in [0.5, 0.6) is 23.3 Å². The van der Waals surface area contributed by atoms with Crippen molar-refractivity contribution >= 4 is 17.0 Å². The highest BCUT2D eigenvalue weighted by Crippen LogP contribution is 2.36. The van der Waals surface area contributed by atoms with E-state index >= 15 is 0 Å². The number of carboxylic acids is 1. The number of carboxylic acid groups (broad SMARTS) is 1. The topological polar surface area (TPSA) is 99.4 Å². The third-order valence-corrected chi connectivity index (χ3v) is 7.05. The summed E-state index contributed by atoms with van der Waals surface area (Å²) in [6.45, 7) is 6.99. The molecule has 4 aromatic carbocycles. The summed E-state index contributed by atoms with van der Waals surface area (Å²) < 4.78 is 14.6. The molecular weight excluding hydrogens is 552 g/mol. The number of fused-ring (bicyclic) bond motifs is 1. The van der Waals surface area contributed by atoms with Crippen molar-refractivity contribution in [1.29, 1.82) is 0 Å². The van der Waals surface area contributed by atoms with Gasteiger partial charge >= 0.3 is 5.97 Å². The smallest absolute Gasteiger partial charge is 0.336 e. The second-order valence-corrected chi connectivity index (χ2v) is 11.7. The number of imidazole rings is 1. The van der Waals surface area contributed by atoms with Crippen LogP contribution in [0.2, 0.25) is 0 Å². The van der Waals surface area contributed by atoms with Crippen molar-refractivity contribution in [2.24, 2.45) is 5.41 Å². The van der Waals surface area contributed by atoms with Gasteiger partial charge in [0.1, 0.15) is 22.8 Å². The minimum Gasteiger partial charge on any atom is -0.478 e. The van der Waals surface area contributed by atoms with Crippen LogP contribution >= 0.6 is 0 Å². The first-order chi connectivity index (χ1) is 21.2. The van der Waals surface area contributed by atoms with Crippen LogP contribution in [0.4, 0.5) is 0 Å². The van der Waals surface area contributed by atoms with E-state index in [-0.39, 0.29) is 11.0 Å². The second-order valence-electron chi connectivity index (χ2n) is 11.7. The zero-order valence-corrected chi connectivity index (χ0v) is 24.8. The Morgan fingerprint density at radius 1 is 0.750 bits per heavy atom. The average molecular weight is 585 g/mol. The third kappa shape index (κ3) is 6.29. The maximum atomic E-state index is 11.8. The summed E-state index contributed by atoms with van der Waals surface area (Å²) in [5.41, 5.74) is 3.94. The molecule has 0 aliphatic heterocycles. The molecule has 0 saturated heterocycles. The van der Waals surface area contributed by atoms with Crippen molar-refractivity contribution in [1.82, 2.24) is 19.7 Å². The SMILES string of the molecule is CC(C)(C)Cc1nc2c(Oc3ccccc3)nnc(Oc3ccccc3)c2n1Cc1ccc(-c2ccccc2C(=O)O)cc1. The molecule has 8 nitrogen and oxygen atoms in total. The van der Waals surface area contributed by atoms with Crippen LogP contribution in [0.15, 0.2) is 109 Å². The van der Waals surface area contributed by atoms with Gasteiger partial charge in [0.05, 0.1) is 5.56 Å². The molecule has 0 amide bonds. The predicted octanol–water partition coefficient (Wildman–Crippen LogP) is 8.41. The maximum absolute atomic E-state index is 11.8. The Labute approximate surface area is 255 Å². The first kappa shape index (κ1) is 28.6. The van der Waals surface area contributed by atoms with Crippen molar-refractivity contribution in [3.63, 3.8) is 0 Å². The van der Waals surface area contributed by atoms with Gasteiger partial charge in [-0.25, -0.2) is 9.78 Å². The minimum atomic E-state index is -0.957. The van der Waals surface area contributed by atoms with E-state index in [0.29, 0.717) is 52.8 Å². The predicted molar refractivity (Wildman–Crippen MR) is 169 cm³/mol. The lowest BCUT2D eigenvalue weighted by Crippen LogP contribution is -2.15. The van der Waals surface area contributed by atoms with Gasteiger partial charge in [0.2, 0.25) is 0 Å². The number of hydrogen-bond acceptors (Lipinski definition) is 6. The average Bonchev–Trinajstić information content (AvgIpc) is 3.36. The molecule has 1 N–H and O–H groups in total. The van der Waals surface area contributed by atoms with Crippen molar-refractivity contribution in [3.05, 3.63) is 126 Å². The van der Waals surface area contributed by atoms with E-state index in [0.717, 1.165) is 17.0 Å². The van der Waals surface area contributed by atoms with Gasteiger partial charge in [-0.1, -0.05) is 99.6 Å². The van der Waals surface area contributed by atoms with E-state index in [1.807, 2.05) is 97.1 Å². The minimum absolute atomic E-state index is 0.0642. The molecule has 6 rings (SSSR count). The summed E-state index contributed by atoms with van der Waals surface area (Å²) in [5, 5.41) is 18.6. The van der Waals surface area contributed by atoms with Gasteiger partial charge in [-0.3, -0.25) is 0 Å². The molecule has 2 aromatic heterocycles. The fourth-order valence-corrected chi connectivity index (χ4v) is 5.06. The number of hydrogen-bond donors (Lipinski definition) is 1. The summed E-state index contributed by atoms with van der Waals surface area (Å²) in [6.07, 6.45) is 0.682. The molecule has 0 bridgehead atoms. The van der Waals surface area contributed by atoms with E-state index < -0.39 is 5.97 Å². The van der Waals surface area contributed by atoms with Gasteiger partial charge in [-0.15, -0.1) is 10.2 Å². The molecule has 0 spiro atoms. The summed E-state index contributed by atoms with van der Waals surface area (Å²) >= 11 is 0. The lowest BCUT2D eigenvalue weighted by Gasteiger charge is -2.19. The van der Waals surface area contributed by atoms with Crippen molar-refractivity contribution < 1.29 is 19.4 Å².